The van der Waals surface area contributed by atoms with Gasteiger partial charge in [0.05, 0.1) is 11.2 Å². The molecule has 3 amide bonds. The lowest BCUT2D eigenvalue weighted by atomic mass is 9.89. The maximum Gasteiger partial charge on any atom is 0.263 e. The first kappa shape index (κ1) is 40.2. The van der Waals surface area contributed by atoms with Crippen molar-refractivity contribution in [3.8, 4) is 22.4 Å². The van der Waals surface area contributed by atoms with Crippen LogP contribution in [0.3, 0.4) is 0 Å². The first-order chi connectivity index (χ1) is 27.7. The zero-order chi connectivity index (χ0) is 39.5. The standard InChI is InChI=1S/C45H43F2N7O3.ClH/c1-28-22-35(10-11-36(28)24-48-44(56)34-8-6-33(7-9-34)43(46)47)42-40-23-37(26-54(40)50-27-49-42)31-4-2-29(3-5-31)25-53-20-18-32(19-21-53)30-12-14-38(15-13-30)51-39-16-17-41(55)52-45(39)57;/h2-15,22-23,26-27,32,39,43,51H,16-21,24-25H2,1H3,(H,48,56)(H,52,55,57);1H. The Morgan fingerprint density at radius 1 is 0.879 bits per heavy atom. The lowest BCUT2D eigenvalue weighted by molar-refractivity contribution is -0.133. The Labute approximate surface area is 341 Å². The summed E-state index contributed by atoms with van der Waals surface area (Å²) in [5.74, 6) is -0.304. The van der Waals surface area contributed by atoms with Crippen molar-refractivity contribution in [2.45, 2.75) is 64.1 Å². The highest BCUT2D eigenvalue weighted by Crippen LogP contribution is 2.32. The molecule has 10 nitrogen and oxygen atoms in total. The van der Waals surface area contributed by atoms with Crippen LogP contribution in [0, 0.1) is 6.92 Å². The number of amides is 3. The quantitative estimate of drug-likeness (QED) is 0.113. The number of carbonyl (C=O) groups excluding carboxylic acids is 3. The summed E-state index contributed by atoms with van der Waals surface area (Å²) in [5, 5.41) is 13.0. The normalized spacial score (nSPS) is 16.2. The Kier molecular flexibility index (Phi) is 12.2. The van der Waals surface area contributed by atoms with Crippen LogP contribution in [-0.2, 0) is 22.7 Å². The molecule has 0 bridgehead atoms. The van der Waals surface area contributed by atoms with Crippen molar-refractivity contribution in [3.05, 3.63) is 143 Å². The molecule has 4 heterocycles. The Morgan fingerprint density at radius 3 is 2.29 bits per heavy atom. The molecular weight excluding hydrogens is 760 g/mol. The second kappa shape index (κ2) is 17.7. The molecule has 2 aromatic heterocycles. The summed E-state index contributed by atoms with van der Waals surface area (Å²) < 4.78 is 27.6. The maximum absolute atomic E-state index is 12.9. The molecule has 2 fully saturated rings. The summed E-state index contributed by atoms with van der Waals surface area (Å²) in [5.41, 5.74) is 10.4. The summed E-state index contributed by atoms with van der Waals surface area (Å²) in [7, 11) is 0. The Balaban J connectivity index is 0.00000512. The average Bonchev–Trinajstić information content (AvgIpc) is 3.67. The molecule has 58 heavy (non-hydrogen) atoms. The molecular formula is C45H44ClF2N7O3. The number of nitrogens with zero attached hydrogens (tertiary/aromatic N) is 4. The van der Waals surface area contributed by atoms with E-state index in [1.165, 1.54) is 35.4 Å². The molecule has 2 saturated heterocycles. The van der Waals surface area contributed by atoms with Gasteiger partial charge in [-0.3, -0.25) is 24.6 Å². The number of nitrogens with one attached hydrogen (secondary N) is 3. The van der Waals surface area contributed by atoms with Crippen molar-refractivity contribution >= 4 is 41.3 Å². The molecule has 6 aromatic rings. The molecule has 0 spiro atoms. The van der Waals surface area contributed by atoms with Crippen molar-refractivity contribution in [2.75, 3.05) is 18.4 Å². The van der Waals surface area contributed by atoms with E-state index in [1.54, 1.807) is 6.33 Å². The lowest BCUT2D eigenvalue weighted by Crippen LogP contribution is -2.47. The van der Waals surface area contributed by atoms with E-state index in [0.717, 1.165) is 77.2 Å². The first-order valence-corrected chi connectivity index (χ1v) is 19.3. The van der Waals surface area contributed by atoms with Crippen LogP contribution < -0.4 is 16.0 Å². The van der Waals surface area contributed by atoms with Gasteiger partial charge in [-0.1, -0.05) is 60.7 Å². The molecule has 13 heteroatoms. The van der Waals surface area contributed by atoms with E-state index >= 15 is 0 Å². The molecule has 2 aliphatic rings. The van der Waals surface area contributed by atoms with Gasteiger partial charge >= 0.3 is 0 Å². The van der Waals surface area contributed by atoms with Crippen LogP contribution >= 0.6 is 12.4 Å². The fraction of sp³-hybridized carbons (Fsp3) is 0.267. The van der Waals surface area contributed by atoms with E-state index in [9.17, 15) is 23.2 Å². The van der Waals surface area contributed by atoms with E-state index in [0.29, 0.717) is 30.9 Å². The lowest BCUT2D eigenvalue weighted by Gasteiger charge is -2.32. The Morgan fingerprint density at radius 2 is 1.60 bits per heavy atom. The molecule has 1 unspecified atom stereocenters. The molecule has 4 aromatic carbocycles. The smallest absolute Gasteiger partial charge is 0.263 e. The third-order valence-corrected chi connectivity index (χ3v) is 11.1. The van der Waals surface area contributed by atoms with Crippen molar-refractivity contribution < 1.29 is 23.2 Å². The van der Waals surface area contributed by atoms with E-state index in [4.69, 9.17) is 0 Å². The number of imide groups is 1. The van der Waals surface area contributed by atoms with Gasteiger partial charge in [0.2, 0.25) is 11.8 Å². The predicted molar refractivity (Wildman–Crippen MR) is 222 cm³/mol. The van der Waals surface area contributed by atoms with Gasteiger partial charge in [0.25, 0.3) is 12.3 Å². The van der Waals surface area contributed by atoms with Gasteiger partial charge in [-0.2, -0.15) is 5.10 Å². The van der Waals surface area contributed by atoms with Gasteiger partial charge in [-0.05, 0) is 109 Å². The molecule has 0 saturated carbocycles. The number of alkyl halides is 2. The Hall–Kier alpha value is -5.98. The van der Waals surface area contributed by atoms with E-state index in [2.05, 4.69) is 73.4 Å². The highest BCUT2D eigenvalue weighted by atomic mass is 35.5. The van der Waals surface area contributed by atoms with Crippen molar-refractivity contribution in [3.63, 3.8) is 0 Å². The SMILES string of the molecule is Cc1cc(-c2ncnn3cc(-c4ccc(CN5CCC(c6ccc(NC7CCC(=O)NC7=O)cc6)CC5)cc4)cc23)ccc1CNC(=O)c1ccc(C(F)F)cc1.Cl. The summed E-state index contributed by atoms with van der Waals surface area (Å²) >= 11 is 0. The minimum Gasteiger partial charge on any atom is -0.374 e. The number of rotatable bonds is 11. The zero-order valence-corrected chi connectivity index (χ0v) is 32.8. The number of hydrogen-bond acceptors (Lipinski definition) is 7. The number of aryl methyl sites for hydroxylation is 1. The van der Waals surface area contributed by atoms with E-state index < -0.39 is 6.43 Å². The highest BCUT2D eigenvalue weighted by molar-refractivity contribution is 6.01. The average molecular weight is 804 g/mol. The highest BCUT2D eigenvalue weighted by Gasteiger charge is 2.27. The second-order valence-electron chi connectivity index (χ2n) is 14.9. The van der Waals surface area contributed by atoms with Crippen molar-refractivity contribution in [1.82, 2.24) is 30.1 Å². The number of likely N-dealkylation sites (tertiary alicyclic amines) is 1. The Bertz CT molecular complexity index is 2410. The number of anilines is 1. The number of benzene rings is 4. The second-order valence-corrected chi connectivity index (χ2v) is 14.9. The fourth-order valence-corrected chi connectivity index (χ4v) is 7.78. The minimum atomic E-state index is -2.57. The topological polar surface area (TPSA) is 121 Å². The van der Waals surface area contributed by atoms with Crippen LogP contribution in [0.25, 0.3) is 27.9 Å². The van der Waals surface area contributed by atoms with Crippen LogP contribution in [0.15, 0.2) is 110 Å². The number of piperidine rings is 2. The van der Waals surface area contributed by atoms with E-state index in [-0.39, 0.29) is 41.7 Å². The van der Waals surface area contributed by atoms with Crippen molar-refractivity contribution in [1.29, 1.82) is 0 Å². The third kappa shape index (κ3) is 9.09. The zero-order valence-electron chi connectivity index (χ0n) is 32.0. The summed E-state index contributed by atoms with van der Waals surface area (Å²) in [6.45, 7) is 5.21. The number of carbonyl (C=O) groups is 3. The van der Waals surface area contributed by atoms with Crippen LogP contribution in [-0.4, -0.2) is 56.4 Å². The minimum absolute atomic E-state index is 0. The molecule has 0 aliphatic carbocycles. The van der Waals surface area contributed by atoms with Crippen molar-refractivity contribution in [2.24, 2.45) is 0 Å². The van der Waals surface area contributed by atoms with Crippen LogP contribution in [0.1, 0.15) is 76.2 Å². The first-order valence-electron chi connectivity index (χ1n) is 19.3. The van der Waals surface area contributed by atoms with Gasteiger partial charge in [0.1, 0.15) is 12.4 Å². The largest absolute Gasteiger partial charge is 0.374 e. The van der Waals surface area contributed by atoms with Gasteiger partial charge in [0, 0.05) is 53.6 Å². The monoisotopic (exact) mass is 803 g/mol. The predicted octanol–water partition coefficient (Wildman–Crippen LogP) is 8.26. The van der Waals surface area contributed by atoms with Gasteiger partial charge in [0.15, 0.2) is 0 Å². The fourth-order valence-electron chi connectivity index (χ4n) is 7.78. The molecule has 2 aliphatic heterocycles. The molecule has 298 valence electrons. The van der Waals surface area contributed by atoms with Gasteiger partial charge < -0.3 is 10.6 Å². The maximum atomic E-state index is 12.9. The van der Waals surface area contributed by atoms with Gasteiger partial charge in [-0.25, -0.2) is 18.3 Å². The molecule has 8 rings (SSSR count). The van der Waals surface area contributed by atoms with Crippen LogP contribution in [0.4, 0.5) is 14.5 Å². The summed E-state index contributed by atoms with van der Waals surface area (Å²) in [6, 6.07) is 30.2. The van der Waals surface area contributed by atoms with Gasteiger partial charge in [-0.15, -0.1) is 12.4 Å². The summed E-state index contributed by atoms with van der Waals surface area (Å²) in [4.78, 5) is 43.4. The molecule has 1 atom stereocenters. The molecule has 0 radical (unpaired) electrons. The summed E-state index contributed by atoms with van der Waals surface area (Å²) in [6.07, 6.45) is 4.02. The third-order valence-electron chi connectivity index (χ3n) is 11.1. The van der Waals surface area contributed by atoms with Crippen LogP contribution in [0.2, 0.25) is 0 Å². The van der Waals surface area contributed by atoms with E-state index in [1.807, 2.05) is 48.0 Å². The number of fused-ring (bicyclic) bond motifs is 1. The number of aromatic nitrogens is 3. The molecule has 3 N–H and O–H groups in total. The van der Waals surface area contributed by atoms with Crippen LogP contribution in [0.5, 0.6) is 0 Å². The number of hydrogen-bond donors (Lipinski definition) is 3. The number of halogens is 3.